The minimum Gasteiger partial charge on any atom is -0.464 e. The van der Waals surface area contributed by atoms with Gasteiger partial charge in [0.2, 0.25) is 0 Å². The summed E-state index contributed by atoms with van der Waals surface area (Å²) < 4.78 is 5.31. The van der Waals surface area contributed by atoms with Crippen molar-refractivity contribution in [3.05, 3.63) is 0 Å². The predicted octanol–water partition coefficient (Wildman–Crippen LogP) is 7.41. The Morgan fingerprint density at radius 2 is 1.09 bits per heavy atom. The van der Waals surface area contributed by atoms with Crippen LogP contribution in [0.15, 0.2) is 0 Å². The first kappa shape index (κ1) is 35.5. The number of carbonyl (C=O) groups is 2. The fourth-order valence-corrected chi connectivity index (χ4v) is 4.22. The van der Waals surface area contributed by atoms with Crippen LogP contribution in [-0.4, -0.2) is 30.4 Å². The van der Waals surface area contributed by atoms with Gasteiger partial charge in [0.15, 0.2) is 11.3 Å². The highest BCUT2D eigenvalue weighted by molar-refractivity contribution is 6.08. The summed E-state index contributed by atoms with van der Waals surface area (Å²) in [5.41, 5.74) is 10.4. The van der Waals surface area contributed by atoms with E-state index in [9.17, 15) is 9.59 Å². The van der Waals surface area contributed by atoms with Crippen LogP contribution in [0.4, 0.5) is 0 Å². The van der Waals surface area contributed by atoms with Crippen molar-refractivity contribution in [3.63, 3.8) is 0 Å². The highest BCUT2D eigenvalue weighted by Gasteiger charge is 2.41. The molecule has 0 saturated carbocycles. The van der Waals surface area contributed by atoms with Gasteiger partial charge in [0.05, 0.1) is 6.61 Å². The Morgan fingerprint density at radius 3 is 1.53 bits per heavy atom. The summed E-state index contributed by atoms with van der Waals surface area (Å²) in [7, 11) is 0. The zero-order valence-corrected chi connectivity index (χ0v) is 23.4. The number of carbonyl (C=O) groups excluding carboxylic acids is 2. The van der Waals surface area contributed by atoms with Crippen LogP contribution in [0, 0.1) is 0 Å². The molecule has 0 bridgehead atoms. The van der Waals surface area contributed by atoms with Crippen LogP contribution in [0.2, 0.25) is 0 Å². The zero-order valence-electron chi connectivity index (χ0n) is 22.6. The van der Waals surface area contributed by atoms with E-state index in [4.69, 9.17) is 16.2 Å². The molecule has 34 heavy (non-hydrogen) atoms. The van der Waals surface area contributed by atoms with Crippen LogP contribution in [0.1, 0.15) is 149 Å². The lowest BCUT2D eigenvalue weighted by Gasteiger charge is -2.26. The molecule has 0 spiro atoms. The van der Waals surface area contributed by atoms with E-state index in [1.165, 1.54) is 77.0 Å². The van der Waals surface area contributed by atoms with Gasteiger partial charge in [-0.1, -0.05) is 110 Å². The summed E-state index contributed by atoms with van der Waals surface area (Å²) in [6.45, 7) is 5.17. The number of ether oxygens (including phenoxy) is 1. The number of unbranched alkanes of at least 4 members (excludes halogenated alkanes) is 16. The first-order chi connectivity index (χ1) is 16.0. The number of hydrogen-bond donors (Lipinski definition) is 2. The van der Waals surface area contributed by atoms with E-state index in [-0.39, 0.29) is 18.2 Å². The molecule has 1 unspecified atom stereocenters. The van der Waals surface area contributed by atoms with Gasteiger partial charge in [-0.25, -0.2) is 4.79 Å². The van der Waals surface area contributed by atoms with Crippen molar-refractivity contribution >= 4 is 24.2 Å². The third-order valence-electron chi connectivity index (χ3n) is 6.63. The van der Waals surface area contributed by atoms with Crippen molar-refractivity contribution in [1.82, 2.24) is 0 Å². The second-order valence-electron chi connectivity index (χ2n) is 9.83. The van der Waals surface area contributed by atoms with Crippen LogP contribution in [0.25, 0.3) is 0 Å². The number of nitrogens with two attached hydrogens (primary N) is 2. The maximum absolute atomic E-state index is 12.8. The molecule has 0 aromatic heterocycles. The van der Waals surface area contributed by atoms with Gasteiger partial charge in [0.25, 0.3) is 0 Å². The summed E-state index contributed by atoms with van der Waals surface area (Å²) in [5, 5.41) is 0. The molecule has 1 atom stereocenters. The fraction of sp³-hybridized carbons (Fsp3) is 0.929. The third-order valence-corrected chi connectivity index (χ3v) is 6.63. The lowest BCUT2D eigenvalue weighted by molar-refractivity contribution is -0.154. The summed E-state index contributed by atoms with van der Waals surface area (Å²) in [6.07, 6.45) is 23.1. The van der Waals surface area contributed by atoms with Gasteiger partial charge in [-0.2, -0.15) is 0 Å². The molecule has 204 valence electrons. The van der Waals surface area contributed by atoms with Crippen LogP contribution in [-0.2, 0) is 14.3 Å². The lowest BCUT2D eigenvalue weighted by Crippen LogP contribution is -2.55. The van der Waals surface area contributed by atoms with Gasteiger partial charge in [0.1, 0.15) is 0 Å². The van der Waals surface area contributed by atoms with Crippen LogP contribution in [0.3, 0.4) is 0 Å². The van der Waals surface area contributed by atoms with Gasteiger partial charge in [-0.15, -0.1) is 12.4 Å². The van der Waals surface area contributed by atoms with Crippen LogP contribution >= 0.6 is 12.4 Å². The zero-order chi connectivity index (χ0) is 24.6. The maximum Gasteiger partial charge on any atom is 0.333 e. The quantitative estimate of drug-likeness (QED) is 0.0766. The van der Waals surface area contributed by atoms with Gasteiger partial charge in [0, 0.05) is 6.42 Å². The standard InChI is InChI=1S/C28H56N2O3.ClH/c1-3-5-7-8-9-10-11-12-13-14-15-16-17-18-19-22-26(31)28(30,23-20-21-24-29)27(32)33-25-6-4-2;/h3-25,29-30H2,1-2H3;1H. The van der Waals surface area contributed by atoms with Crippen molar-refractivity contribution in [1.29, 1.82) is 0 Å². The van der Waals surface area contributed by atoms with E-state index in [0.29, 0.717) is 32.4 Å². The number of esters is 1. The molecular weight excluding hydrogens is 448 g/mol. The SMILES string of the molecule is CCCCCCCCCCCCCCCCCC(=O)C(N)(CCCCN)C(=O)OCCCC.Cl. The number of halogens is 1. The molecule has 0 aliphatic rings. The van der Waals surface area contributed by atoms with Gasteiger partial charge < -0.3 is 16.2 Å². The highest BCUT2D eigenvalue weighted by atomic mass is 35.5. The largest absolute Gasteiger partial charge is 0.464 e. The van der Waals surface area contributed by atoms with Crippen molar-refractivity contribution in [3.8, 4) is 0 Å². The molecule has 0 saturated heterocycles. The Balaban J connectivity index is 0. The monoisotopic (exact) mass is 504 g/mol. The van der Waals surface area contributed by atoms with E-state index in [1.807, 2.05) is 6.92 Å². The minimum atomic E-state index is -1.50. The van der Waals surface area contributed by atoms with E-state index in [1.54, 1.807) is 0 Å². The minimum absolute atomic E-state index is 0. The second-order valence-corrected chi connectivity index (χ2v) is 9.83. The summed E-state index contributed by atoms with van der Waals surface area (Å²) in [5.74, 6) is -0.727. The van der Waals surface area contributed by atoms with E-state index in [2.05, 4.69) is 6.92 Å². The number of rotatable bonds is 25. The van der Waals surface area contributed by atoms with Crippen molar-refractivity contribution in [2.45, 2.75) is 154 Å². The molecule has 0 aromatic carbocycles. The Labute approximate surface area is 217 Å². The molecule has 0 aliphatic carbocycles. The fourth-order valence-electron chi connectivity index (χ4n) is 4.22. The molecule has 0 amide bonds. The average Bonchev–Trinajstić information content (AvgIpc) is 2.81. The molecular formula is C28H57ClN2O3. The Bertz CT molecular complexity index is 477. The molecule has 4 N–H and O–H groups in total. The number of Topliss-reactive ketones (excluding diaryl/α,β-unsaturated/α-hetero) is 1. The summed E-state index contributed by atoms with van der Waals surface area (Å²) in [6, 6.07) is 0. The molecule has 0 radical (unpaired) electrons. The van der Waals surface area contributed by atoms with Crippen LogP contribution < -0.4 is 11.5 Å². The topological polar surface area (TPSA) is 95.4 Å². The van der Waals surface area contributed by atoms with Gasteiger partial charge in [-0.3, -0.25) is 4.79 Å². The van der Waals surface area contributed by atoms with Gasteiger partial charge in [-0.05, 0) is 38.6 Å². The molecule has 0 aliphatic heterocycles. The van der Waals surface area contributed by atoms with Crippen molar-refractivity contribution in [2.75, 3.05) is 13.2 Å². The molecule has 6 heteroatoms. The first-order valence-corrected chi connectivity index (χ1v) is 14.2. The lowest BCUT2D eigenvalue weighted by atomic mass is 9.86. The van der Waals surface area contributed by atoms with Crippen molar-refractivity contribution < 1.29 is 14.3 Å². The second kappa shape index (κ2) is 25.4. The molecule has 5 nitrogen and oxygen atoms in total. The van der Waals surface area contributed by atoms with E-state index < -0.39 is 11.5 Å². The molecule has 0 aromatic rings. The highest BCUT2D eigenvalue weighted by Crippen LogP contribution is 2.20. The van der Waals surface area contributed by atoms with Crippen molar-refractivity contribution in [2.24, 2.45) is 11.5 Å². The Kier molecular flexibility index (Phi) is 26.6. The molecule has 0 rings (SSSR count). The smallest absolute Gasteiger partial charge is 0.333 e. The Hall–Kier alpha value is -0.650. The van der Waals surface area contributed by atoms with E-state index >= 15 is 0 Å². The third kappa shape index (κ3) is 18.6. The van der Waals surface area contributed by atoms with Crippen LogP contribution in [0.5, 0.6) is 0 Å². The van der Waals surface area contributed by atoms with Gasteiger partial charge >= 0.3 is 5.97 Å². The molecule has 0 fully saturated rings. The number of ketones is 1. The predicted molar refractivity (Wildman–Crippen MR) is 147 cm³/mol. The molecule has 0 heterocycles. The Morgan fingerprint density at radius 1 is 0.647 bits per heavy atom. The van der Waals surface area contributed by atoms with E-state index in [0.717, 1.165) is 38.5 Å². The number of hydrogen-bond acceptors (Lipinski definition) is 5. The normalized spacial score (nSPS) is 12.7. The average molecular weight is 505 g/mol. The maximum atomic E-state index is 12.8. The first-order valence-electron chi connectivity index (χ1n) is 14.2. The summed E-state index contributed by atoms with van der Waals surface area (Å²) >= 11 is 0. The summed E-state index contributed by atoms with van der Waals surface area (Å²) in [4.78, 5) is 25.3.